The molecule has 1 aliphatic rings. The lowest BCUT2D eigenvalue weighted by Crippen LogP contribution is -2.41. The summed E-state index contributed by atoms with van der Waals surface area (Å²) in [5.41, 5.74) is 11.7. The Morgan fingerprint density at radius 1 is 1.13 bits per heavy atom. The minimum Gasteiger partial charge on any atom is -0.391 e. The average Bonchev–Trinajstić information content (AvgIpc) is 3.06. The highest BCUT2D eigenvalue weighted by atomic mass is 32.2. The molecular formula is C36H59N5O5S. The van der Waals surface area contributed by atoms with E-state index in [1.165, 1.54) is 42.5 Å². The van der Waals surface area contributed by atoms with Crippen LogP contribution in [0.15, 0.2) is 42.0 Å². The summed E-state index contributed by atoms with van der Waals surface area (Å²) in [4.78, 5) is 25.2. The van der Waals surface area contributed by atoms with Gasteiger partial charge in [0, 0.05) is 44.7 Å². The van der Waals surface area contributed by atoms with E-state index in [1.54, 1.807) is 14.0 Å². The Balaban J connectivity index is 0.000000783. The largest absolute Gasteiger partial charge is 0.391 e. The van der Waals surface area contributed by atoms with Gasteiger partial charge in [0.15, 0.2) is 0 Å². The summed E-state index contributed by atoms with van der Waals surface area (Å²) in [6.07, 6.45) is 14.6. The molecule has 11 heteroatoms. The van der Waals surface area contributed by atoms with E-state index in [9.17, 15) is 23.1 Å². The highest BCUT2D eigenvalue weighted by molar-refractivity contribution is 7.89. The first kappa shape index (κ1) is 43.6. The van der Waals surface area contributed by atoms with Gasteiger partial charge in [-0.1, -0.05) is 89.1 Å². The number of nitrogens with zero attached hydrogens (tertiary/aromatic N) is 2. The third-order valence-electron chi connectivity index (χ3n) is 7.98. The maximum absolute atomic E-state index is 12.5. The molecule has 1 aliphatic carbocycles. The van der Waals surface area contributed by atoms with Crippen molar-refractivity contribution in [3.05, 3.63) is 47.5 Å². The number of aliphatic hydroxyl groups excluding tert-OH is 1. The van der Waals surface area contributed by atoms with Crippen molar-refractivity contribution in [3.63, 3.8) is 0 Å². The first-order chi connectivity index (χ1) is 22.3. The van der Waals surface area contributed by atoms with Crippen molar-refractivity contribution in [2.75, 3.05) is 45.5 Å². The molecule has 1 unspecified atom stereocenters. The maximum atomic E-state index is 12.5. The second kappa shape index (κ2) is 25.7. The highest BCUT2D eigenvalue weighted by Crippen LogP contribution is 2.22. The molecule has 2 amide bonds. The van der Waals surface area contributed by atoms with E-state index < -0.39 is 28.0 Å². The lowest BCUT2D eigenvalue weighted by molar-refractivity contribution is -0.121. The maximum Gasteiger partial charge on any atom is 0.247 e. The zero-order valence-corrected chi connectivity index (χ0v) is 30.0. The van der Waals surface area contributed by atoms with Crippen molar-refractivity contribution >= 4 is 21.8 Å². The minimum atomic E-state index is -3.53. The van der Waals surface area contributed by atoms with E-state index in [1.807, 2.05) is 44.2 Å². The van der Waals surface area contributed by atoms with E-state index in [0.717, 1.165) is 24.6 Å². The molecule has 10 nitrogen and oxygen atoms in total. The number of primary amides is 1. The van der Waals surface area contributed by atoms with E-state index in [0.29, 0.717) is 37.9 Å². The van der Waals surface area contributed by atoms with E-state index in [2.05, 4.69) is 35.0 Å². The number of carbonyl (C=O) groups is 2. The lowest BCUT2D eigenvalue weighted by atomic mass is 9.91. The number of carbonyl (C=O) groups excluding carboxylic acids is 2. The summed E-state index contributed by atoms with van der Waals surface area (Å²) >= 11 is 0. The fourth-order valence-electron chi connectivity index (χ4n) is 4.71. The summed E-state index contributed by atoms with van der Waals surface area (Å²) < 4.78 is 26.4. The van der Waals surface area contributed by atoms with Gasteiger partial charge in [-0.3, -0.25) is 9.59 Å². The van der Waals surface area contributed by atoms with Crippen molar-refractivity contribution in [2.45, 2.75) is 85.2 Å². The number of terminal acetylenes is 1. The number of nitrogens with one attached hydrogen (secondary N) is 1. The van der Waals surface area contributed by atoms with E-state index >= 15 is 0 Å². The average molecular weight is 674 g/mol. The summed E-state index contributed by atoms with van der Waals surface area (Å²) in [5, 5.41) is 12.0. The van der Waals surface area contributed by atoms with Crippen LogP contribution in [0.3, 0.4) is 0 Å². The summed E-state index contributed by atoms with van der Waals surface area (Å²) in [6, 6.07) is 11.5. The highest BCUT2D eigenvalue weighted by Gasteiger charge is 2.27. The van der Waals surface area contributed by atoms with E-state index in [4.69, 9.17) is 17.9 Å². The fraction of sp³-hybridized carbons (Fsp3) is 0.611. The Labute approximate surface area is 284 Å². The number of hydrogen-bond acceptors (Lipinski definition) is 7. The van der Waals surface area contributed by atoms with Crippen LogP contribution in [-0.4, -0.2) is 86.2 Å². The third-order valence-corrected chi connectivity index (χ3v) is 9.94. The molecular weight excluding hydrogens is 614 g/mol. The molecule has 1 aromatic rings. The molecule has 6 N–H and O–H groups in total. The molecule has 1 aromatic carbocycles. The number of rotatable bonds is 16. The first-order valence-corrected chi connectivity index (χ1v) is 18.2. The number of allylic oxidation sites excluding steroid dienone is 1. The van der Waals surface area contributed by atoms with Crippen LogP contribution in [0, 0.1) is 36.1 Å². The number of likely N-dealkylation sites (N-methyl/N-ethyl adjacent to an activating group) is 2. The van der Waals surface area contributed by atoms with Crippen LogP contribution in [0.2, 0.25) is 0 Å². The summed E-state index contributed by atoms with van der Waals surface area (Å²) in [6.45, 7) is 11.1. The SMILES string of the molecule is C#CCCC(O)CNC(=O)/C(C)=C\C#CN.CC1CCCCC1.CCN(CC)CCN(C)S(=O)(=O)C[C@@H](Cc1ccccc1)C(N)=O. The number of hydrogen-bond donors (Lipinski definition) is 4. The molecule has 2 rings (SSSR count). The number of amides is 2. The summed E-state index contributed by atoms with van der Waals surface area (Å²) in [5.74, 6) is 4.08. The van der Waals surface area contributed by atoms with E-state index in [-0.39, 0.29) is 18.2 Å². The monoisotopic (exact) mass is 673 g/mol. The van der Waals surface area contributed by atoms with Crippen molar-refractivity contribution in [1.82, 2.24) is 14.5 Å². The molecule has 0 aliphatic heterocycles. The third kappa shape index (κ3) is 21.2. The Bertz CT molecular complexity index is 1260. The van der Waals surface area contributed by atoms with Crippen LogP contribution >= 0.6 is 0 Å². The molecule has 0 saturated heterocycles. The van der Waals surface area contributed by atoms with Crippen molar-refractivity contribution in [1.29, 1.82) is 0 Å². The smallest absolute Gasteiger partial charge is 0.247 e. The Hall–Kier alpha value is -3.35. The lowest BCUT2D eigenvalue weighted by Gasteiger charge is -2.24. The molecule has 1 saturated carbocycles. The predicted octanol–water partition coefficient (Wildman–Crippen LogP) is 3.26. The Morgan fingerprint density at radius 2 is 1.74 bits per heavy atom. The van der Waals surface area contributed by atoms with Gasteiger partial charge in [0.25, 0.3) is 0 Å². The summed E-state index contributed by atoms with van der Waals surface area (Å²) in [7, 11) is -1.98. The fourth-order valence-corrected chi connectivity index (χ4v) is 6.11. The van der Waals surface area contributed by atoms with Crippen molar-refractivity contribution in [2.24, 2.45) is 23.3 Å². The molecule has 0 aromatic heterocycles. The van der Waals surface area contributed by atoms with Gasteiger partial charge in [0.05, 0.1) is 17.8 Å². The number of sulfonamides is 1. The molecule has 0 spiro atoms. The van der Waals surface area contributed by atoms with Gasteiger partial charge in [-0.2, -0.15) is 0 Å². The quantitative estimate of drug-likeness (QED) is 0.119. The van der Waals surface area contributed by atoms with Crippen LogP contribution in [0.5, 0.6) is 0 Å². The van der Waals surface area contributed by atoms with Crippen LogP contribution in [0.25, 0.3) is 0 Å². The molecule has 0 bridgehead atoms. The second-order valence-electron chi connectivity index (χ2n) is 11.9. The molecule has 0 radical (unpaired) electrons. The predicted molar refractivity (Wildman–Crippen MR) is 192 cm³/mol. The van der Waals surface area contributed by atoms with Crippen LogP contribution < -0.4 is 16.8 Å². The van der Waals surface area contributed by atoms with Crippen LogP contribution in [-0.2, 0) is 26.0 Å². The molecule has 0 heterocycles. The Morgan fingerprint density at radius 3 is 2.23 bits per heavy atom. The second-order valence-corrected chi connectivity index (χ2v) is 14.0. The zero-order chi connectivity index (χ0) is 35.7. The molecule has 264 valence electrons. The topological polar surface area (TPSA) is 159 Å². The Kier molecular flexibility index (Phi) is 23.9. The van der Waals surface area contributed by atoms with Gasteiger partial charge in [-0.15, -0.1) is 12.3 Å². The normalized spacial score (nSPS) is 14.7. The van der Waals surface area contributed by atoms with Crippen molar-refractivity contribution < 1.29 is 23.1 Å². The number of nitrogens with two attached hydrogens (primary N) is 2. The number of aliphatic hydroxyl groups is 1. The van der Waals surface area contributed by atoms with Crippen LogP contribution in [0.4, 0.5) is 0 Å². The van der Waals surface area contributed by atoms with Gasteiger partial charge < -0.3 is 26.8 Å². The molecule has 2 atom stereocenters. The number of benzene rings is 1. The van der Waals surface area contributed by atoms with Gasteiger partial charge in [-0.25, -0.2) is 12.7 Å². The zero-order valence-electron chi connectivity index (χ0n) is 29.2. The minimum absolute atomic E-state index is 0.182. The van der Waals surface area contributed by atoms with Crippen molar-refractivity contribution in [3.8, 4) is 24.3 Å². The molecule has 47 heavy (non-hydrogen) atoms. The molecule has 1 fully saturated rings. The van der Waals surface area contributed by atoms with Crippen LogP contribution in [0.1, 0.15) is 78.2 Å². The van der Waals surface area contributed by atoms with Gasteiger partial charge in [0.1, 0.15) is 0 Å². The standard InChI is InChI=1S/C17H29N3O3S.C12H16N2O2.C7H14/c1-4-20(5-2)12-11-19(3)24(22,23)14-16(17(18)21)13-15-9-7-6-8-10-15;1-3-4-7-11(15)9-14-12(16)10(2)6-5-8-13;1-7-5-3-2-4-6-7/h6-10,16H,4-5,11-14H2,1-3H3,(H2,18,21);1,6,11,15H,4,7,9,13H2,2H3,(H,14,16);7H,2-6H2,1H3/b;10-6-;/t16-;;/m1../s1. The van der Waals surface area contributed by atoms with Gasteiger partial charge >= 0.3 is 0 Å². The van der Waals surface area contributed by atoms with Gasteiger partial charge in [-0.05, 0) is 50.4 Å². The first-order valence-electron chi connectivity index (χ1n) is 16.6. The van der Waals surface area contributed by atoms with Gasteiger partial charge in [0.2, 0.25) is 21.8 Å².